The quantitative estimate of drug-likeness (QED) is 0.690. The van der Waals surface area contributed by atoms with E-state index in [4.69, 9.17) is 10.5 Å². The first-order valence-corrected chi connectivity index (χ1v) is 7.53. The Morgan fingerprint density at radius 1 is 1.45 bits per heavy atom. The highest BCUT2D eigenvalue weighted by Gasteiger charge is 2.36. The van der Waals surface area contributed by atoms with Crippen LogP contribution in [0.15, 0.2) is 15.4 Å². The molecule has 0 unspecified atom stereocenters. The predicted octanol–water partition coefficient (Wildman–Crippen LogP) is 1.18. The highest BCUT2D eigenvalue weighted by Crippen LogP contribution is 2.41. The van der Waals surface area contributed by atoms with Crippen LogP contribution in [0.1, 0.15) is 12.6 Å². The van der Waals surface area contributed by atoms with Gasteiger partial charge in [0.15, 0.2) is 0 Å². The molecule has 7 nitrogen and oxygen atoms in total. The summed E-state index contributed by atoms with van der Waals surface area (Å²) < 4.78 is 8.89. The number of ether oxygens (including phenoxy) is 1. The third-order valence-corrected chi connectivity index (χ3v) is 5.45. The molecule has 1 aliphatic rings. The van der Waals surface area contributed by atoms with Crippen LogP contribution in [0.5, 0.6) is 0 Å². The second kappa shape index (κ2) is 5.23. The zero-order chi connectivity index (χ0) is 14.4. The Hall–Kier alpha value is -0.740. The zero-order valence-electron chi connectivity index (χ0n) is 10.2. The van der Waals surface area contributed by atoms with Gasteiger partial charge in [-0.2, -0.15) is 0 Å². The third-order valence-electron chi connectivity index (χ3n) is 3.37. The lowest BCUT2D eigenvalue weighted by atomic mass is 10.2. The van der Waals surface area contributed by atoms with Crippen molar-refractivity contribution in [3.05, 3.63) is 15.4 Å². The zero-order valence-corrected chi connectivity index (χ0v) is 13.4. The smallest absolute Gasteiger partial charge is 0.149 e. The van der Waals surface area contributed by atoms with Crippen LogP contribution < -0.4 is 5.73 Å². The van der Waals surface area contributed by atoms with Crippen LogP contribution in [0.25, 0.3) is 11.0 Å². The molecule has 0 aliphatic carbocycles. The lowest BCUT2D eigenvalue weighted by Crippen LogP contribution is -2.24. The molecule has 0 saturated carbocycles. The van der Waals surface area contributed by atoms with Gasteiger partial charge in [0, 0.05) is 6.42 Å². The normalized spacial score (nSPS) is 26.5. The van der Waals surface area contributed by atoms with Gasteiger partial charge in [0.05, 0.1) is 22.6 Å². The minimum absolute atomic E-state index is 0.229. The maximum Gasteiger partial charge on any atom is 0.149 e. The predicted molar refractivity (Wildman–Crippen MR) is 79.0 cm³/mol. The average Bonchev–Trinajstić information content (AvgIpc) is 2.90. The number of halogens is 2. The lowest BCUT2D eigenvalue weighted by Gasteiger charge is -2.15. The lowest BCUT2D eigenvalue weighted by molar-refractivity contribution is -0.0437. The molecule has 0 radical (unpaired) electrons. The molecule has 108 valence electrons. The molecule has 0 aromatic carbocycles. The Balaban J connectivity index is 2.13. The first kappa shape index (κ1) is 14.2. The van der Waals surface area contributed by atoms with Gasteiger partial charge in [-0.3, -0.25) is 4.57 Å². The van der Waals surface area contributed by atoms with E-state index in [1.807, 2.05) is 0 Å². The van der Waals surface area contributed by atoms with Crippen molar-refractivity contribution in [1.82, 2.24) is 14.5 Å². The molecular formula is C11H12Br2N4O3. The van der Waals surface area contributed by atoms with Crippen LogP contribution in [0, 0.1) is 0 Å². The number of fused-ring (bicyclic) bond motifs is 1. The Bertz CT molecular complexity index is 663. The van der Waals surface area contributed by atoms with Gasteiger partial charge < -0.3 is 20.7 Å². The summed E-state index contributed by atoms with van der Waals surface area (Å²) in [6.07, 6.45) is 0.000531. The van der Waals surface area contributed by atoms with E-state index in [9.17, 15) is 10.2 Å². The molecule has 9 heteroatoms. The van der Waals surface area contributed by atoms with Gasteiger partial charge in [0.1, 0.15) is 34.7 Å². The number of nitrogen functional groups attached to an aromatic ring is 1. The molecule has 3 rings (SSSR count). The van der Waals surface area contributed by atoms with Crippen molar-refractivity contribution in [3.8, 4) is 0 Å². The fourth-order valence-corrected chi connectivity index (χ4v) is 3.55. The van der Waals surface area contributed by atoms with Crippen LogP contribution in [0.4, 0.5) is 5.82 Å². The summed E-state index contributed by atoms with van der Waals surface area (Å²) in [5.41, 5.74) is 6.48. The molecule has 3 heterocycles. The molecule has 1 fully saturated rings. The summed E-state index contributed by atoms with van der Waals surface area (Å²) in [5.74, 6) is 0.360. The summed E-state index contributed by atoms with van der Waals surface area (Å²) in [6.45, 7) is -0.229. The number of rotatable bonds is 2. The van der Waals surface area contributed by atoms with E-state index in [0.717, 1.165) is 4.47 Å². The number of aromatic nitrogens is 3. The van der Waals surface area contributed by atoms with Gasteiger partial charge >= 0.3 is 0 Å². The topological polar surface area (TPSA) is 106 Å². The van der Waals surface area contributed by atoms with Crippen molar-refractivity contribution in [3.63, 3.8) is 0 Å². The van der Waals surface area contributed by atoms with Crippen LogP contribution in [-0.4, -0.2) is 43.6 Å². The van der Waals surface area contributed by atoms with Crippen molar-refractivity contribution >= 4 is 48.7 Å². The van der Waals surface area contributed by atoms with Crippen molar-refractivity contribution in [2.75, 3.05) is 12.3 Å². The maximum absolute atomic E-state index is 9.86. The summed E-state index contributed by atoms with van der Waals surface area (Å²) in [7, 11) is 0. The number of anilines is 1. The molecule has 0 amide bonds. The first-order chi connectivity index (χ1) is 9.54. The van der Waals surface area contributed by atoms with E-state index < -0.39 is 18.4 Å². The molecule has 0 bridgehead atoms. The molecule has 1 aliphatic heterocycles. The van der Waals surface area contributed by atoms with Gasteiger partial charge in [-0.25, -0.2) is 9.97 Å². The summed E-state index contributed by atoms with van der Waals surface area (Å²) >= 11 is 6.92. The molecule has 1 saturated heterocycles. The SMILES string of the molecule is Nc1ncnc2c1c(Br)c(Br)n2[C@@H]1C[C@H](O)[C@@H](CO)O1. The summed E-state index contributed by atoms with van der Waals surface area (Å²) in [5, 5.41) is 19.7. The first-order valence-electron chi connectivity index (χ1n) is 5.94. The van der Waals surface area contributed by atoms with Crippen molar-refractivity contribution < 1.29 is 14.9 Å². The monoisotopic (exact) mass is 406 g/mol. The number of nitrogens with zero attached hydrogens (tertiary/aromatic N) is 3. The fourth-order valence-electron chi connectivity index (χ4n) is 2.38. The number of nitrogens with two attached hydrogens (primary N) is 1. The fraction of sp³-hybridized carbons (Fsp3) is 0.455. The number of hydrogen-bond donors (Lipinski definition) is 3. The highest BCUT2D eigenvalue weighted by atomic mass is 79.9. The number of hydrogen-bond acceptors (Lipinski definition) is 6. The van der Waals surface area contributed by atoms with Gasteiger partial charge in [-0.05, 0) is 31.9 Å². The average molecular weight is 408 g/mol. The molecule has 3 atom stereocenters. The van der Waals surface area contributed by atoms with Crippen molar-refractivity contribution in [2.24, 2.45) is 0 Å². The molecular weight excluding hydrogens is 396 g/mol. The Morgan fingerprint density at radius 3 is 2.85 bits per heavy atom. The van der Waals surface area contributed by atoms with Gasteiger partial charge in [-0.1, -0.05) is 0 Å². The van der Waals surface area contributed by atoms with Crippen molar-refractivity contribution in [2.45, 2.75) is 24.9 Å². The minimum Gasteiger partial charge on any atom is -0.394 e. The third kappa shape index (κ3) is 2.04. The van der Waals surface area contributed by atoms with Crippen molar-refractivity contribution in [1.29, 1.82) is 0 Å². The largest absolute Gasteiger partial charge is 0.394 e. The summed E-state index contributed by atoms with van der Waals surface area (Å²) in [4.78, 5) is 8.20. The summed E-state index contributed by atoms with van der Waals surface area (Å²) in [6, 6.07) is 0. The molecule has 20 heavy (non-hydrogen) atoms. The van der Waals surface area contributed by atoms with Crippen LogP contribution in [0.3, 0.4) is 0 Å². The maximum atomic E-state index is 9.86. The van der Waals surface area contributed by atoms with Crippen LogP contribution >= 0.6 is 31.9 Å². The van der Waals surface area contributed by atoms with E-state index in [0.29, 0.717) is 27.9 Å². The van der Waals surface area contributed by atoms with E-state index in [1.165, 1.54) is 6.33 Å². The van der Waals surface area contributed by atoms with E-state index in [2.05, 4.69) is 41.8 Å². The van der Waals surface area contributed by atoms with E-state index in [-0.39, 0.29) is 6.61 Å². The highest BCUT2D eigenvalue weighted by molar-refractivity contribution is 9.13. The van der Waals surface area contributed by atoms with Crippen LogP contribution in [-0.2, 0) is 4.74 Å². The second-order valence-electron chi connectivity index (χ2n) is 4.55. The van der Waals surface area contributed by atoms with E-state index >= 15 is 0 Å². The molecule has 2 aromatic heterocycles. The van der Waals surface area contributed by atoms with Gasteiger partial charge in [0.25, 0.3) is 0 Å². The standard InChI is InChI=1S/C11H12Br2N4O3/c12-8-7-10(14)15-3-16-11(7)17(9(8)13)6-1-4(19)5(2-18)20-6/h3-6,18-19H,1-2H2,(H2,14,15,16)/t4-,5+,6-/m0/s1. The Kier molecular flexibility index (Phi) is 3.71. The van der Waals surface area contributed by atoms with E-state index in [1.54, 1.807) is 4.57 Å². The van der Waals surface area contributed by atoms with Gasteiger partial charge in [-0.15, -0.1) is 0 Å². The minimum atomic E-state index is -0.715. The van der Waals surface area contributed by atoms with Crippen LogP contribution in [0.2, 0.25) is 0 Å². The van der Waals surface area contributed by atoms with Gasteiger partial charge in [0.2, 0.25) is 0 Å². The number of aliphatic hydroxyl groups is 2. The molecule has 2 aromatic rings. The second-order valence-corrected chi connectivity index (χ2v) is 6.09. The number of aliphatic hydroxyl groups excluding tert-OH is 2. The Labute approximate surface area is 131 Å². The Morgan fingerprint density at radius 2 is 2.20 bits per heavy atom. The molecule has 4 N–H and O–H groups in total. The molecule has 0 spiro atoms.